The first-order valence-electron chi connectivity index (χ1n) is 8.06. The molecule has 0 radical (unpaired) electrons. The number of non-ortho nitro benzene ring substituents is 1. The van der Waals surface area contributed by atoms with Gasteiger partial charge in [0.15, 0.2) is 12.1 Å². The van der Waals surface area contributed by atoms with Gasteiger partial charge >= 0.3 is 5.97 Å². The third kappa shape index (κ3) is 7.87. The molecule has 1 heterocycles. The second-order valence-electron chi connectivity index (χ2n) is 6.47. The van der Waals surface area contributed by atoms with E-state index >= 15 is 0 Å². The number of nitro benzene ring substituents is 1. The van der Waals surface area contributed by atoms with E-state index in [0.717, 1.165) is 6.42 Å². The molecule has 1 saturated heterocycles. The quantitative estimate of drug-likeness (QED) is 0.347. The van der Waals surface area contributed by atoms with Crippen LogP contribution in [0.1, 0.15) is 37.6 Å². The summed E-state index contributed by atoms with van der Waals surface area (Å²) in [5.41, 5.74) is 0.206. The number of esters is 1. The molecule has 0 spiro atoms. The molecule has 0 aromatic heterocycles. The molecule has 9 nitrogen and oxygen atoms in total. The van der Waals surface area contributed by atoms with Crippen LogP contribution in [-0.4, -0.2) is 53.0 Å². The first-order valence-corrected chi connectivity index (χ1v) is 8.06. The zero-order valence-electron chi connectivity index (χ0n) is 15.2. The van der Waals surface area contributed by atoms with Gasteiger partial charge in [-0.25, -0.2) is 4.79 Å². The Morgan fingerprint density at radius 1 is 1.35 bits per heavy atom. The number of carbonyl (C=O) groups excluding carboxylic acids is 1. The number of rotatable bonds is 5. The molecule has 0 aliphatic carbocycles. The Balaban J connectivity index is 0.000000597. The van der Waals surface area contributed by atoms with Crippen molar-refractivity contribution in [2.24, 2.45) is 5.92 Å². The monoisotopic (exact) mass is 371 g/mol. The predicted molar refractivity (Wildman–Crippen MR) is 91.3 cm³/mol. The minimum absolute atomic E-state index is 0.0672. The molecule has 1 aromatic carbocycles. The molecule has 1 aromatic rings. The van der Waals surface area contributed by atoms with Crippen molar-refractivity contribution >= 4 is 11.7 Å². The second-order valence-corrected chi connectivity index (χ2v) is 6.47. The van der Waals surface area contributed by atoms with Crippen LogP contribution in [0.15, 0.2) is 24.3 Å². The number of methoxy groups -OCH3 is 1. The molecule has 146 valence electrons. The molecule has 26 heavy (non-hydrogen) atoms. The summed E-state index contributed by atoms with van der Waals surface area (Å²) in [5, 5.41) is 26.7. The zero-order chi connectivity index (χ0) is 19.9. The molecule has 1 aliphatic heterocycles. The van der Waals surface area contributed by atoms with Crippen LogP contribution >= 0.6 is 0 Å². The summed E-state index contributed by atoms with van der Waals surface area (Å²) < 4.78 is 15.9. The Morgan fingerprint density at radius 2 is 1.88 bits per heavy atom. The fourth-order valence-corrected chi connectivity index (χ4v) is 2.27. The van der Waals surface area contributed by atoms with Crippen molar-refractivity contribution in [2.75, 3.05) is 13.7 Å². The average Bonchev–Trinajstić information content (AvgIpc) is 2.91. The molecule has 2 N–H and O–H groups in total. The van der Waals surface area contributed by atoms with Gasteiger partial charge in [0, 0.05) is 25.2 Å². The number of hydrogen-bond donors (Lipinski definition) is 2. The van der Waals surface area contributed by atoms with E-state index < -0.39 is 16.7 Å². The molecule has 0 bridgehead atoms. The fraction of sp³-hybridized carbons (Fsp3) is 0.588. The van der Waals surface area contributed by atoms with Crippen molar-refractivity contribution in [3.63, 3.8) is 0 Å². The molecular weight excluding hydrogens is 346 g/mol. The van der Waals surface area contributed by atoms with Gasteiger partial charge in [0.2, 0.25) is 0 Å². The maximum atomic E-state index is 11.8. The van der Waals surface area contributed by atoms with E-state index in [9.17, 15) is 14.9 Å². The Labute approximate surface area is 151 Å². The van der Waals surface area contributed by atoms with Gasteiger partial charge in [-0.15, -0.1) is 0 Å². The number of nitrogens with zero attached hydrogens (tertiary/aromatic N) is 1. The van der Waals surface area contributed by atoms with Crippen molar-refractivity contribution in [1.29, 1.82) is 0 Å². The first-order chi connectivity index (χ1) is 12.0. The van der Waals surface area contributed by atoms with Gasteiger partial charge in [-0.3, -0.25) is 10.1 Å². The van der Waals surface area contributed by atoms with Crippen LogP contribution in [0, 0.1) is 16.0 Å². The molecule has 2 rings (SSSR count). The van der Waals surface area contributed by atoms with E-state index in [-0.39, 0.29) is 36.2 Å². The molecule has 0 saturated carbocycles. The highest BCUT2D eigenvalue weighted by Gasteiger charge is 2.32. The Hall–Kier alpha value is -2.07. The van der Waals surface area contributed by atoms with Crippen molar-refractivity contribution in [2.45, 2.75) is 45.4 Å². The smallest absolute Gasteiger partial charge is 0.338 e. The van der Waals surface area contributed by atoms with Crippen LogP contribution in [0.2, 0.25) is 0 Å². The average molecular weight is 371 g/mol. The van der Waals surface area contributed by atoms with E-state index in [4.69, 9.17) is 24.4 Å². The van der Waals surface area contributed by atoms with Gasteiger partial charge in [-0.05, 0) is 32.4 Å². The number of ether oxygens (including phenoxy) is 3. The van der Waals surface area contributed by atoms with Crippen LogP contribution < -0.4 is 0 Å². The first kappa shape index (κ1) is 22.0. The number of nitro groups is 1. The normalized spacial score (nSPS) is 22.3. The number of aliphatic hydroxyl groups is 2. The zero-order valence-corrected chi connectivity index (χ0v) is 15.2. The lowest BCUT2D eigenvalue weighted by atomic mass is 10.1. The lowest BCUT2D eigenvalue weighted by Gasteiger charge is -2.13. The van der Waals surface area contributed by atoms with Crippen LogP contribution in [0.5, 0.6) is 0 Å². The summed E-state index contributed by atoms with van der Waals surface area (Å²) in [6.07, 6.45) is 0.298. The Morgan fingerprint density at radius 3 is 2.31 bits per heavy atom. The van der Waals surface area contributed by atoms with Gasteiger partial charge in [0.05, 0.1) is 16.6 Å². The SMILES string of the molecule is CC(C)(O)O.COC1OC(COC(=O)c2ccc([N+](=O)[O-])cc2)CC1C. The molecule has 3 atom stereocenters. The lowest BCUT2D eigenvalue weighted by Crippen LogP contribution is -2.20. The minimum Gasteiger partial charge on any atom is -0.459 e. The van der Waals surface area contributed by atoms with Gasteiger partial charge < -0.3 is 24.4 Å². The maximum Gasteiger partial charge on any atom is 0.338 e. The van der Waals surface area contributed by atoms with Crippen molar-refractivity contribution in [1.82, 2.24) is 0 Å². The van der Waals surface area contributed by atoms with Crippen LogP contribution in [0.4, 0.5) is 5.69 Å². The molecule has 1 aliphatic rings. The van der Waals surface area contributed by atoms with E-state index in [0.29, 0.717) is 0 Å². The van der Waals surface area contributed by atoms with Crippen LogP contribution in [0.3, 0.4) is 0 Å². The van der Waals surface area contributed by atoms with Gasteiger partial charge in [-0.1, -0.05) is 6.92 Å². The van der Waals surface area contributed by atoms with E-state index in [1.54, 1.807) is 7.11 Å². The molecular formula is C17H25NO8. The van der Waals surface area contributed by atoms with Crippen molar-refractivity contribution in [3.8, 4) is 0 Å². The molecule has 0 amide bonds. The highest BCUT2D eigenvalue weighted by molar-refractivity contribution is 5.89. The number of benzene rings is 1. The largest absolute Gasteiger partial charge is 0.459 e. The Kier molecular flexibility index (Phi) is 8.09. The molecule has 9 heteroatoms. The molecule has 3 unspecified atom stereocenters. The minimum atomic E-state index is -1.50. The summed E-state index contributed by atoms with van der Waals surface area (Å²) in [4.78, 5) is 21.8. The maximum absolute atomic E-state index is 11.8. The van der Waals surface area contributed by atoms with Crippen LogP contribution in [0.25, 0.3) is 0 Å². The van der Waals surface area contributed by atoms with E-state index in [1.807, 2.05) is 6.92 Å². The standard InChI is InChI=1S/C14H17NO6.C3H8O2/c1-9-7-12(21-14(9)19-2)8-20-13(16)10-3-5-11(6-4-10)15(17)18;1-3(2,4)5/h3-6,9,12,14H,7-8H2,1-2H3;4-5H,1-2H3. The van der Waals surface area contributed by atoms with E-state index in [1.165, 1.54) is 38.1 Å². The van der Waals surface area contributed by atoms with Gasteiger partial charge in [-0.2, -0.15) is 0 Å². The second kappa shape index (κ2) is 9.58. The summed E-state index contributed by atoms with van der Waals surface area (Å²) in [6.45, 7) is 4.74. The third-order valence-corrected chi connectivity index (χ3v) is 3.37. The highest BCUT2D eigenvalue weighted by Crippen LogP contribution is 2.26. The summed E-state index contributed by atoms with van der Waals surface area (Å²) in [6, 6.07) is 5.28. The molecule has 1 fully saturated rings. The third-order valence-electron chi connectivity index (χ3n) is 3.37. The summed E-state index contributed by atoms with van der Waals surface area (Å²) in [5.74, 6) is -1.78. The topological polar surface area (TPSA) is 128 Å². The van der Waals surface area contributed by atoms with Gasteiger partial charge in [0.25, 0.3) is 5.69 Å². The predicted octanol–water partition coefficient (Wildman–Crippen LogP) is 1.86. The number of hydrogen-bond acceptors (Lipinski definition) is 8. The van der Waals surface area contributed by atoms with Gasteiger partial charge in [0.1, 0.15) is 6.61 Å². The van der Waals surface area contributed by atoms with Crippen LogP contribution in [-0.2, 0) is 14.2 Å². The van der Waals surface area contributed by atoms with Crippen molar-refractivity contribution < 1.29 is 34.1 Å². The van der Waals surface area contributed by atoms with Crippen molar-refractivity contribution in [3.05, 3.63) is 39.9 Å². The summed E-state index contributed by atoms with van der Waals surface area (Å²) >= 11 is 0. The Bertz CT molecular complexity index is 590. The fourth-order valence-electron chi connectivity index (χ4n) is 2.27. The van der Waals surface area contributed by atoms with E-state index in [2.05, 4.69) is 0 Å². The highest BCUT2D eigenvalue weighted by atomic mass is 16.7. The number of carbonyl (C=O) groups is 1. The summed E-state index contributed by atoms with van der Waals surface area (Å²) in [7, 11) is 1.58. The lowest BCUT2D eigenvalue weighted by molar-refractivity contribution is -0.384.